The van der Waals surface area contributed by atoms with Gasteiger partial charge in [0.2, 0.25) is 5.91 Å². The van der Waals surface area contributed by atoms with E-state index >= 15 is 0 Å². The van der Waals surface area contributed by atoms with E-state index in [1.807, 2.05) is 0 Å². The second-order valence-corrected chi connectivity index (χ2v) is 5.84. The Labute approximate surface area is 122 Å². The van der Waals surface area contributed by atoms with E-state index in [0.29, 0.717) is 19.0 Å². The van der Waals surface area contributed by atoms with E-state index in [9.17, 15) is 9.59 Å². The molecule has 0 bridgehead atoms. The Hall–Kier alpha value is -1.96. The van der Waals surface area contributed by atoms with Gasteiger partial charge >= 0.3 is 5.97 Å². The Morgan fingerprint density at radius 1 is 1.43 bits per heavy atom. The molecule has 2 unspecified atom stereocenters. The molecule has 0 saturated carbocycles. The zero-order valence-corrected chi connectivity index (χ0v) is 11.9. The Morgan fingerprint density at radius 3 is 2.81 bits per heavy atom. The lowest BCUT2D eigenvalue weighted by atomic mass is 9.91. The summed E-state index contributed by atoms with van der Waals surface area (Å²) in [7, 11) is 0. The number of piperidine rings is 1. The zero-order chi connectivity index (χ0) is 15.0. The number of hydrogen-bond acceptors (Lipinski definition) is 5. The summed E-state index contributed by atoms with van der Waals surface area (Å²) in [5.74, 6) is -0.596. The van der Waals surface area contributed by atoms with Gasteiger partial charge in [-0.05, 0) is 25.3 Å². The highest BCUT2D eigenvalue weighted by atomic mass is 16.4. The van der Waals surface area contributed by atoms with Crippen LogP contribution in [0.2, 0.25) is 0 Å². The van der Waals surface area contributed by atoms with Gasteiger partial charge in [-0.15, -0.1) is 5.10 Å². The molecule has 0 spiro atoms. The Balaban J connectivity index is 1.57. The first kappa shape index (κ1) is 14.0. The van der Waals surface area contributed by atoms with Crippen LogP contribution in [0.15, 0.2) is 6.20 Å². The summed E-state index contributed by atoms with van der Waals surface area (Å²) in [4.78, 5) is 25.0. The number of amides is 1. The number of carboxylic acids is 1. The average Bonchev–Trinajstić information content (AvgIpc) is 2.87. The molecule has 21 heavy (non-hydrogen) atoms. The second-order valence-electron chi connectivity index (χ2n) is 5.84. The van der Waals surface area contributed by atoms with Crippen LogP contribution in [0.4, 0.5) is 0 Å². The molecule has 0 aliphatic carbocycles. The molecule has 1 aromatic heterocycles. The fourth-order valence-electron chi connectivity index (χ4n) is 2.93. The van der Waals surface area contributed by atoms with Gasteiger partial charge in [-0.3, -0.25) is 4.79 Å². The predicted octanol–water partition coefficient (Wildman–Crippen LogP) is -0.252. The van der Waals surface area contributed by atoms with Crippen molar-refractivity contribution in [2.45, 2.75) is 31.8 Å². The molecule has 2 aliphatic heterocycles. The summed E-state index contributed by atoms with van der Waals surface area (Å²) < 4.78 is 1.53. The number of nitrogens with zero attached hydrogens (tertiary/aromatic N) is 4. The maximum atomic E-state index is 12.4. The number of aromatic carboxylic acids is 1. The third kappa shape index (κ3) is 2.63. The third-order valence-corrected chi connectivity index (χ3v) is 4.31. The van der Waals surface area contributed by atoms with Gasteiger partial charge in [0.05, 0.1) is 18.3 Å². The highest BCUT2D eigenvalue weighted by Crippen LogP contribution is 2.24. The predicted molar refractivity (Wildman–Crippen MR) is 72.8 cm³/mol. The van der Waals surface area contributed by atoms with Crippen molar-refractivity contribution in [2.75, 3.05) is 19.6 Å². The largest absolute Gasteiger partial charge is 0.476 e. The van der Waals surface area contributed by atoms with Crippen molar-refractivity contribution in [1.82, 2.24) is 25.2 Å². The molecule has 0 radical (unpaired) electrons. The molecule has 3 rings (SSSR count). The number of hydrogen-bond donors (Lipinski definition) is 2. The van der Waals surface area contributed by atoms with E-state index in [2.05, 4.69) is 22.6 Å². The topological polar surface area (TPSA) is 100 Å². The van der Waals surface area contributed by atoms with Crippen molar-refractivity contribution in [3.05, 3.63) is 11.9 Å². The van der Waals surface area contributed by atoms with Crippen molar-refractivity contribution in [2.24, 2.45) is 5.92 Å². The molecule has 2 aliphatic rings. The second kappa shape index (κ2) is 5.44. The lowest BCUT2D eigenvalue weighted by Gasteiger charge is -2.42. The van der Waals surface area contributed by atoms with Crippen LogP contribution in [0.3, 0.4) is 0 Å². The summed E-state index contributed by atoms with van der Waals surface area (Å²) in [6, 6.07) is -0.0709. The minimum atomic E-state index is -1.09. The van der Waals surface area contributed by atoms with Gasteiger partial charge in [0.25, 0.3) is 0 Å². The number of rotatable bonds is 3. The first-order valence-electron chi connectivity index (χ1n) is 7.23. The van der Waals surface area contributed by atoms with Crippen LogP contribution in [-0.4, -0.2) is 62.6 Å². The van der Waals surface area contributed by atoms with Crippen LogP contribution < -0.4 is 5.32 Å². The molecule has 2 fully saturated rings. The fourth-order valence-corrected chi connectivity index (χ4v) is 2.93. The maximum absolute atomic E-state index is 12.4. The highest BCUT2D eigenvalue weighted by Gasteiger charge is 2.38. The lowest BCUT2D eigenvalue weighted by molar-refractivity contribution is -0.141. The summed E-state index contributed by atoms with van der Waals surface area (Å²) in [6.07, 6.45) is 3.60. The Morgan fingerprint density at radius 2 is 2.19 bits per heavy atom. The number of carboxylic acid groups (broad SMARTS) is 1. The van der Waals surface area contributed by atoms with E-state index in [0.717, 1.165) is 19.4 Å². The normalized spacial score (nSPS) is 26.4. The molecule has 2 atom stereocenters. The van der Waals surface area contributed by atoms with E-state index in [1.54, 1.807) is 4.90 Å². The fraction of sp³-hybridized carbons (Fsp3) is 0.692. The Kier molecular flexibility index (Phi) is 3.62. The smallest absolute Gasteiger partial charge is 0.358 e. The minimum Gasteiger partial charge on any atom is -0.476 e. The molecule has 1 aromatic rings. The minimum absolute atomic E-state index is 0.0217. The van der Waals surface area contributed by atoms with Gasteiger partial charge in [0.15, 0.2) is 5.69 Å². The molecule has 2 N–H and O–H groups in total. The molecule has 114 valence electrons. The quantitative estimate of drug-likeness (QED) is 0.797. The molecule has 0 aromatic carbocycles. The molecule has 8 nitrogen and oxygen atoms in total. The van der Waals surface area contributed by atoms with E-state index < -0.39 is 5.97 Å². The van der Waals surface area contributed by atoms with Crippen molar-refractivity contribution < 1.29 is 14.7 Å². The summed E-state index contributed by atoms with van der Waals surface area (Å²) >= 11 is 0. The van der Waals surface area contributed by atoms with Gasteiger partial charge in [-0.25, -0.2) is 9.48 Å². The van der Waals surface area contributed by atoms with Crippen LogP contribution in [0.25, 0.3) is 0 Å². The summed E-state index contributed by atoms with van der Waals surface area (Å²) in [6.45, 7) is 4.12. The molecule has 8 heteroatoms. The van der Waals surface area contributed by atoms with Crippen LogP contribution in [0.1, 0.15) is 36.3 Å². The van der Waals surface area contributed by atoms with Crippen LogP contribution >= 0.6 is 0 Å². The van der Waals surface area contributed by atoms with Gasteiger partial charge in [-0.2, -0.15) is 0 Å². The highest BCUT2D eigenvalue weighted by molar-refractivity contribution is 5.85. The van der Waals surface area contributed by atoms with E-state index in [4.69, 9.17) is 5.11 Å². The van der Waals surface area contributed by atoms with E-state index in [-0.39, 0.29) is 23.7 Å². The molecular weight excluding hydrogens is 274 g/mol. The maximum Gasteiger partial charge on any atom is 0.358 e. The third-order valence-electron chi connectivity index (χ3n) is 4.31. The molecule has 2 saturated heterocycles. The standard InChI is InChI=1S/C13H19N5O3/c1-8-3-2-4-14-11(8)12(19)17-5-9(6-17)18-7-10(13(20)21)15-16-18/h7-9,11,14H,2-6H2,1H3,(H,20,21). The molecule has 1 amide bonds. The monoisotopic (exact) mass is 293 g/mol. The summed E-state index contributed by atoms with van der Waals surface area (Å²) in [5, 5.41) is 19.5. The van der Waals surface area contributed by atoms with E-state index in [1.165, 1.54) is 10.9 Å². The number of carbonyl (C=O) groups is 2. The zero-order valence-electron chi connectivity index (χ0n) is 11.9. The van der Waals surface area contributed by atoms with Gasteiger partial charge in [0.1, 0.15) is 0 Å². The molecule has 3 heterocycles. The van der Waals surface area contributed by atoms with Crippen molar-refractivity contribution in [1.29, 1.82) is 0 Å². The van der Waals surface area contributed by atoms with Gasteiger partial charge in [-0.1, -0.05) is 12.1 Å². The average molecular weight is 293 g/mol. The van der Waals surface area contributed by atoms with Crippen LogP contribution in [-0.2, 0) is 4.79 Å². The van der Waals surface area contributed by atoms with Crippen LogP contribution in [0.5, 0.6) is 0 Å². The first-order chi connectivity index (χ1) is 10.1. The van der Waals surface area contributed by atoms with Gasteiger partial charge < -0.3 is 15.3 Å². The SMILES string of the molecule is CC1CCCNC1C(=O)N1CC(n2cc(C(=O)O)nn2)C1. The van der Waals surface area contributed by atoms with Crippen molar-refractivity contribution in [3.63, 3.8) is 0 Å². The number of carbonyl (C=O) groups excluding carboxylic acids is 1. The number of likely N-dealkylation sites (tertiary alicyclic amines) is 1. The Bertz CT molecular complexity index is 552. The molecular formula is C13H19N5O3. The number of aromatic nitrogens is 3. The summed E-state index contributed by atoms with van der Waals surface area (Å²) in [5.41, 5.74) is -0.0673. The number of nitrogens with one attached hydrogen (secondary N) is 1. The van der Waals surface area contributed by atoms with Crippen LogP contribution in [0, 0.1) is 5.92 Å². The van der Waals surface area contributed by atoms with Crippen molar-refractivity contribution >= 4 is 11.9 Å². The van der Waals surface area contributed by atoms with Crippen molar-refractivity contribution in [3.8, 4) is 0 Å². The lowest BCUT2D eigenvalue weighted by Crippen LogP contribution is -2.59. The van der Waals surface area contributed by atoms with Gasteiger partial charge in [0, 0.05) is 13.1 Å². The first-order valence-corrected chi connectivity index (χ1v) is 7.23.